The number of hydrogen-bond acceptors (Lipinski definition) is 4. The van der Waals surface area contributed by atoms with E-state index in [-0.39, 0.29) is 5.69 Å². The molecule has 1 fully saturated rings. The van der Waals surface area contributed by atoms with Gasteiger partial charge in [0.15, 0.2) is 5.82 Å². The van der Waals surface area contributed by atoms with Crippen LogP contribution in [-0.2, 0) is 11.3 Å². The highest BCUT2D eigenvalue weighted by molar-refractivity contribution is 5.33. The Hall–Kier alpha value is -1.86. The van der Waals surface area contributed by atoms with Crippen LogP contribution in [-0.4, -0.2) is 46.0 Å². The van der Waals surface area contributed by atoms with E-state index in [1.807, 2.05) is 0 Å². The highest BCUT2D eigenvalue weighted by atomic mass is 19.1. The molecule has 21 heavy (non-hydrogen) atoms. The summed E-state index contributed by atoms with van der Waals surface area (Å²) in [6.07, 6.45) is 0. The van der Waals surface area contributed by atoms with E-state index in [1.54, 1.807) is 6.92 Å². The minimum Gasteiger partial charge on any atom is -0.379 e. The van der Waals surface area contributed by atoms with E-state index in [1.165, 1.54) is 16.8 Å². The van der Waals surface area contributed by atoms with Gasteiger partial charge in [0, 0.05) is 19.2 Å². The lowest BCUT2D eigenvalue weighted by Gasteiger charge is -2.26. The van der Waals surface area contributed by atoms with Crippen LogP contribution in [0.15, 0.2) is 18.2 Å². The van der Waals surface area contributed by atoms with E-state index in [4.69, 9.17) is 4.74 Å². The molecule has 0 amide bonds. The molecule has 5 nitrogen and oxygen atoms in total. The normalized spacial score (nSPS) is 16.3. The van der Waals surface area contributed by atoms with Crippen molar-refractivity contribution >= 4 is 0 Å². The molecule has 3 rings (SSSR count). The number of nitrogens with zero attached hydrogens (tertiary/aromatic N) is 4. The molecule has 2 heterocycles. The second kappa shape index (κ2) is 5.87. The number of hydrogen-bond donors (Lipinski definition) is 0. The third kappa shape index (κ3) is 3.08. The van der Waals surface area contributed by atoms with Gasteiger partial charge in [-0.1, -0.05) is 0 Å². The van der Waals surface area contributed by atoms with Crippen LogP contribution in [0.3, 0.4) is 0 Å². The number of benzene rings is 1. The van der Waals surface area contributed by atoms with E-state index in [0.29, 0.717) is 31.4 Å². The highest BCUT2D eigenvalue weighted by Gasteiger charge is 2.18. The summed E-state index contributed by atoms with van der Waals surface area (Å²) >= 11 is 0. The molecule has 1 aromatic carbocycles. The van der Waals surface area contributed by atoms with E-state index in [9.17, 15) is 8.78 Å². The predicted octanol–water partition coefficient (Wildman–Crippen LogP) is 1.69. The molecule has 0 saturated carbocycles. The van der Waals surface area contributed by atoms with E-state index < -0.39 is 11.6 Å². The van der Waals surface area contributed by atoms with Crippen LogP contribution < -0.4 is 0 Å². The largest absolute Gasteiger partial charge is 0.379 e. The van der Waals surface area contributed by atoms with Crippen molar-refractivity contribution in [2.75, 3.05) is 26.3 Å². The van der Waals surface area contributed by atoms with Crippen molar-refractivity contribution in [1.82, 2.24) is 19.7 Å². The number of halogens is 2. The third-order valence-corrected chi connectivity index (χ3v) is 3.39. The van der Waals surface area contributed by atoms with Crippen molar-refractivity contribution in [3.05, 3.63) is 41.5 Å². The molecule has 1 aromatic heterocycles. The molecule has 1 saturated heterocycles. The Balaban J connectivity index is 1.91. The number of aromatic nitrogens is 3. The fourth-order valence-electron chi connectivity index (χ4n) is 2.37. The minimum atomic E-state index is -0.650. The molecule has 7 heteroatoms. The van der Waals surface area contributed by atoms with E-state index >= 15 is 0 Å². The van der Waals surface area contributed by atoms with Crippen LogP contribution in [0, 0.1) is 18.6 Å². The van der Waals surface area contributed by atoms with Crippen LogP contribution in [0.1, 0.15) is 11.6 Å². The Kier molecular flexibility index (Phi) is 3.94. The van der Waals surface area contributed by atoms with Gasteiger partial charge in [0.25, 0.3) is 0 Å². The Morgan fingerprint density at radius 3 is 2.71 bits per heavy atom. The predicted molar refractivity (Wildman–Crippen MR) is 72.1 cm³/mol. The summed E-state index contributed by atoms with van der Waals surface area (Å²) in [4.78, 5) is 6.53. The SMILES string of the molecule is Cc1nc(CN2CCOCC2)n(-c2ccc(F)cc2F)n1. The number of rotatable bonds is 3. The smallest absolute Gasteiger partial charge is 0.151 e. The van der Waals surface area contributed by atoms with Crippen molar-refractivity contribution in [1.29, 1.82) is 0 Å². The zero-order valence-corrected chi connectivity index (χ0v) is 11.7. The molecule has 0 radical (unpaired) electrons. The lowest BCUT2D eigenvalue weighted by atomic mass is 10.3. The molecule has 0 spiro atoms. The maximum atomic E-state index is 13.9. The molecule has 0 unspecified atom stereocenters. The van der Waals surface area contributed by atoms with Gasteiger partial charge in [0.2, 0.25) is 0 Å². The van der Waals surface area contributed by atoms with Gasteiger partial charge in [-0.05, 0) is 19.1 Å². The van der Waals surface area contributed by atoms with Crippen LogP contribution in [0.5, 0.6) is 0 Å². The van der Waals surface area contributed by atoms with Crippen molar-refractivity contribution in [2.24, 2.45) is 0 Å². The molecule has 1 aliphatic rings. The molecular weight excluding hydrogens is 278 g/mol. The standard InChI is InChI=1S/C14H16F2N4O/c1-10-17-14(9-19-4-6-21-7-5-19)20(18-10)13-3-2-11(15)8-12(13)16/h2-3,8H,4-7,9H2,1H3. The third-order valence-electron chi connectivity index (χ3n) is 3.39. The maximum Gasteiger partial charge on any atom is 0.151 e. The zero-order chi connectivity index (χ0) is 14.8. The van der Waals surface area contributed by atoms with Crippen molar-refractivity contribution < 1.29 is 13.5 Å². The first-order chi connectivity index (χ1) is 10.1. The summed E-state index contributed by atoms with van der Waals surface area (Å²) in [6.45, 7) is 5.27. The Morgan fingerprint density at radius 2 is 2.00 bits per heavy atom. The Morgan fingerprint density at radius 1 is 1.24 bits per heavy atom. The first-order valence-electron chi connectivity index (χ1n) is 6.81. The van der Waals surface area contributed by atoms with Gasteiger partial charge in [-0.25, -0.2) is 18.4 Å². The monoisotopic (exact) mass is 294 g/mol. The Bertz CT molecular complexity index is 638. The molecule has 0 N–H and O–H groups in total. The van der Waals surface area contributed by atoms with Crippen LogP contribution >= 0.6 is 0 Å². The van der Waals surface area contributed by atoms with Crippen molar-refractivity contribution in [3.8, 4) is 5.69 Å². The summed E-state index contributed by atoms with van der Waals surface area (Å²) in [5.74, 6) is -0.0622. The van der Waals surface area contributed by atoms with Gasteiger partial charge in [-0.3, -0.25) is 4.90 Å². The van der Waals surface area contributed by atoms with Gasteiger partial charge in [-0.2, -0.15) is 5.10 Å². The fourth-order valence-corrected chi connectivity index (χ4v) is 2.37. The first-order valence-corrected chi connectivity index (χ1v) is 6.81. The second-order valence-corrected chi connectivity index (χ2v) is 4.97. The van der Waals surface area contributed by atoms with Gasteiger partial charge in [0.05, 0.1) is 19.8 Å². The van der Waals surface area contributed by atoms with Gasteiger partial charge in [-0.15, -0.1) is 0 Å². The lowest BCUT2D eigenvalue weighted by molar-refractivity contribution is 0.0327. The lowest BCUT2D eigenvalue weighted by Crippen LogP contribution is -2.36. The van der Waals surface area contributed by atoms with Crippen LogP contribution in [0.25, 0.3) is 5.69 Å². The van der Waals surface area contributed by atoms with E-state index in [2.05, 4.69) is 15.0 Å². The van der Waals surface area contributed by atoms with Crippen LogP contribution in [0.2, 0.25) is 0 Å². The number of ether oxygens (including phenoxy) is 1. The molecule has 2 aromatic rings. The fraction of sp³-hybridized carbons (Fsp3) is 0.429. The summed E-state index contributed by atoms with van der Waals surface area (Å²) in [6, 6.07) is 3.44. The maximum absolute atomic E-state index is 13.9. The number of aryl methyl sites for hydroxylation is 1. The average Bonchev–Trinajstić information content (AvgIpc) is 2.80. The highest BCUT2D eigenvalue weighted by Crippen LogP contribution is 2.17. The summed E-state index contributed by atoms with van der Waals surface area (Å²) in [7, 11) is 0. The summed E-state index contributed by atoms with van der Waals surface area (Å²) in [5, 5.41) is 4.22. The molecular formula is C14H16F2N4O. The van der Waals surface area contributed by atoms with Crippen LogP contribution in [0.4, 0.5) is 8.78 Å². The zero-order valence-electron chi connectivity index (χ0n) is 11.7. The first kappa shape index (κ1) is 14.1. The molecule has 1 aliphatic heterocycles. The molecule has 0 aliphatic carbocycles. The van der Waals surface area contributed by atoms with Crippen molar-refractivity contribution in [3.63, 3.8) is 0 Å². The van der Waals surface area contributed by atoms with Gasteiger partial charge in [0.1, 0.15) is 23.2 Å². The molecule has 112 valence electrons. The van der Waals surface area contributed by atoms with Crippen molar-refractivity contribution in [2.45, 2.75) is 13.5 Å². The average molecular weight is 294 g/mol. The van der Waals surface area contributed by atoms with Gasteiger partial charge < -0.3 is 4.74 Å². The minimum absolute atomic E-state index is 0.209. The Labute approximate surface area is 121 Å². The topological polar surface area (TPSA) is 43.2 Å². The summed E-state index contributed by atoms with van der Waals surface area (Å²) in [5.41, 5.74) is 0.209. The van der Waals surface area contributed by atoms with Gasteiger partial charge >= 0.3 is 0 Å². The number of morpholine rings is 1. The van der Waals surface area contributed by atoms with E-state index in [0.717, 1.165) is 19.2 Å². The molecule has 0 bridgehead atoms. The second-order valence-electron chi connectivity index (χ2n) is 4.97. The molecule has 0 atom stereocenters. The quantitative estimate of drug-likeness (QED) is 0.864. The summed E-state index contributed by atoms with van der Waals surface area (Å²) < 4.78 is 33.7.